The zero-order valence-corrected chi connectivity index (χ0v) is 14.2. The van der Waals surface area contributed by atoms with Crippen LogP contribution in [0.1, 0.15) is 6.92 Å². The Balaban J connectivity index is 1.81. The highest BCUT2D eigenvalue weighted by atomic mass is 32.2. The lowest BCUT2D eigenvalue weighted by Gasteiger charge is -2.28. The zero-order chi connectivity index (χ0) is 16.9. The summed E-state index contributed by atoms with van der Waals surface area (Å²) in [4.78, 5) is 25.3. The van der Waals surface area contributed by atoms with E-state index in [1.54, 1.807) is 16.3 Å². The molecule has 1 fully saturated rings. The summed E-state index contributed by atoms with van der Waals surface area (Å²) in [5.74, 6) is -1.12. The molecule has 0 radical (unpaired) electrons. The van der Waals surface area contributed by atoms with Crippen molar-refractivity contribution in [2.75, 3.05) is 32.8 Å². The quantitative estimate of drug-likeness (QED) is 0.704. The van der Waals surface area contributed by atoms with Gasteiger partial charge < -0.3 is 14.4 Å². The Morgan fingerprint density at radius 3 is 2.74 bits per heavy atom. The molecule has 1 aliphatic rings. The lowest BCUT2D eigenvalue weighted by Crippen LogP contribution is -2.46. The normalized spacial score (nSPS) is 16.8. The molecular formula is C13H18N2O6S2. The van der Waals surface area contributed by atoms with Crippen molar-refractivity contribution in [2.45, 2.75) is 17.2 Å². The molecule has 0 aromatic carbocycles. The highest BCUT2D eigenvalue weighted by Gasteiger charge is 2.26. The molecular weight excluding hydrogens is 344 g/mol. The Kier molecular flexibility index (Phi) is 6.10. The van der Waals surface area contributed by atoms with E-state index in [2.05, 4.69) is 4.72 Å². The number of nitrogens with zero attached hydrogens (tertiary/aromatic N) is 1. The second-order valence-corrected chi connectivity index (χ2v) is 7.77. The molecule has 128 valence electrons. The van der Waals surface area contributed by atoms with E-state index in [-0.39, 0.29) is 10.1 Å². The predicted octanol–water partition coefficient (Wildman–Crippen LogP) is -0.183. The molecule has 10 heteroatoms. The fourth-order valence-electron chi connectivity index (χ4n) is 1.97. The summed E-state index contributed by atoms with van der Waals surface area (Å²) < 4.78 is 36.1. The summed E-state index contributed by atoms with van der Waals surface area (Å²) in [6.07, 6.45) is -0.966. The van der Waals surface area contributed by atoms with Gasteiger partial charge in [-0.05, 0) is 18.4 Å². The predicted molar refractivity (Wildman–Crippen MR) is 82.5 cm³/mol. The highest BCUT2D eigenvalue weighted by molar-refractivity contribution is 7.91. The van der Waals surface area contributed by atoms with Gasteiger partial charge in [0.1, 0.15) is 10.8 Å². The van der Waals surface area contributed by atoms with E-state index in [0.717, 1.165) is 11.3 Å². The van der Waals surface area contributed by atoms with Gasteiger partial charge in [0.05, 0.1) is 13.2 Å². The van der Waals surface area contributed by atoms with Gasteiger partial charge in [-0.3, -0.25) is 9.59 Å². The number of esters is 1. The van der Waals surface area contributed by atoms with E-state index in [1.807, 2.05) is 0 Å². The van der Waals surface area contributed by atoms with Crippen LogP contribution < -0.4 is 4.72 Å². The molecule has 0 bridgehead atoms. The van der Waals surface area contributed by atoms with Crippen LogP contribution >= 0.6 is 11.3 Å². The van der Waals surface area contributed by atoms with Gasteiger partial charge in [-0.2, -0.15) is 4.72 Å². The molecule has 1 saturated heterocycles. The zero-order valence-electron chi connectivity index (χ0n) is 12.6. The summed E-state index contributed by atoms with van der Waals surface area (Å²) >= 11 is 1.04. The standard InChI is InChI=1S/C13H18N2O6S2/c1-10(13(17)15-4-6-20-7-5-15)21-11(16)9-14-23(18,19)12-3-2-8-22-12/h2-3,8,10,14H,4-7,9H2,1H3. The summed E-state index contributed by atoms with van der Waals surface area (Å²) in [6, 6.07) is 3.03. The number of carbonyl (C=O) groups is 2. The van der Waals surface area contributed by atoms with Crippen molar-refractivity contribution in [3.05, 3.63) is 17.5 Å². The molecule has 1 aromatic rings. The van der Waals surface area contributed by atoms with Crippen LogP contribution in [-0.4, -0.2) is 64.1 Å². The van der Waals surface area contributed by atoms with Gasteiger partial charge in [0.2, 0.25) is 0 Å². The molecule has 23 heavy (non-hydrogen) atoms. The first-order chi connectivity index (χ1) is 10.9. The number of hydrogen-bond acceptors (Lipinski definition) is 7. The van der Waals surface area contributed by atoms with Crippen LogP contribution in [0.4, 0.5) is 0 Å². The SMILES string of the molecule is CC(OC(=O)CNS(=O)(=O)c1cccs1)C(=O)N1CCOCC1. The van der Waals surface area contributed by atoms with Crippen LogP contribution in [0.15, 0.2) is 21.7 Å². The van der Waals surface area contributed by atoms with Gasteiger partial charge in [-0.25, -0.2) is 8.42 Å². The molecule has 8 nitrogen and oxygen atoms in total. The number of carbonyl (C=O) groups excluding carboxylic acids is 2. The van der Waals surface area contributed by atoms with Crippen molar-refractivity contribution in [2.24, 2.45) is 0 Å². The topological polar surface area (TPSA) is 102 Å². The minimum absolute atomic E-state index is 0.114. The minimum Gasteiger partial charge on any atom is -0.452 e. The molecule has 0 aliphatic carbocycles. The summed E-state index contributed by atoms with van der Waals surface area (Å²) in [5.41, 5.74) is 0. The van der Waals surface area contributed by atoms with Crippen LogP contribution in [0, 0.1) is 0 Å². The molecule has 1 N–H and O–H groups in total. The Hall–Kier alpha value is -1.49. The van der Waals surface area contributed by atoms with Crippen molar-refractivity contribution in [3.8, 4) is 0 Å². The van der Waals surface area contributed by atoms with Gasteiger partial charge in [0, 0.05) is 13.1 Å². The number of nitrogens with one attached hydrogen (secondary N) is 1. The second kappa shape index (κ2) is 7.86. The molecule has 1 unspecified atom stereocenters. The molecule has 2 heterocycles. The first kappa shape index (κ1) is 17.9. The molecule has 1 aromatic heterocycles. The lowest BCUT2D eigenvalue weighted by molar-refractivity contribution is -0.160. The number of amides is 1. The number of rotatable bonds is 6. The third-order valence-corrected chi connectivity index (χ3v) is 5.94. The van der Waals surface area contributed by atoms with Gasteiger partial charge in [-0.15, -0.1) is 11.3 Å². The first-order valence-electron chi connectivity index (χ1n) is 6.99. The van der Waals surface area contributed by atoms with Gasteiger partial charge in [0.15, 0.2) is 6.10 Å². The van der Waals surface area contributed by atoms with Crippen molar-refractivity contribution in [3.63, 3.8) is 0 Å². The molecule has 1 atom stereocenters. The monoisotopic (exact) mass is 362 g/mol. The Bertz CT molecular complexity index is 637. The maximum atomic E-state index is 12.1. The second-order valence-electron chi connectivity index (χ2n) is 4.83. The number of sulfonamides is 1. The fourth-order valence-corrected chi connectivity index (χ4v) is 3.98. The average molecular weight is 362 g/mol. The smallest absolute Gasteiger partial charge is 0.321 e. The minimum atomic E-state index is -3.73. The van der Waals surface area contributed by atoms with E-state index in [4.69, 9.17) is 9.47 Å². The molecule has 1 aliphatic heterocycles. The van der Waals surface area contributed by atoms with Gasteiger partial charge in [0.25, 0.3) is 15.9 Å². The van der Waals surface area contributed by atoms with Crippen LogP contribution in [-0.2, 0) is 29.1 Å². The molecule has 2 rings (SSSR count). The number of hydrogen-bond donors (Lipinski definition) is 1. The Morgan fingerprint density at radius 1 is 1.43 bits per heavy atom. The van der Waals surface area contributed by atoms with E-state index < -0.39 is 28.6 Å². The van der Waals surface area contributed by atoms with Crippen LogP contribution in [0.5, 0.6) is 0 Å². The van der Waals surface area contributed by atoms with E-state index in [9.17, 15) is 18.0 Å². The van der Waals surface area contributed by atoms with Crippen molar-refractivity contribution in [1.82, 2.24) is 9.62 Å². The molecule has 0 saturated carbocycles. The number of ether oxygens (including phenoxy) is 2. The van der Waals surface area contributed by atoms with Crippen LogP contribution in [0.3, 0.4) is 0 Å². The summed E-state index contributed by atoms with van der Waals surface area (Å²) in [5, 5.41) is 1.62. The highest BCUT2D eigenvalue weighted by Crippen LogP contribution is 2.15. The maximum Gasteiger partial charge on any atom is 0.321 e. The van der Waals surface area contributed by atoms with E-state index >= 15 is 0 Å². The third kappa shape index (κ3) is 4.99. The fraction of sp³-hybridized carbons (Fsp3) is 0.538. The third-order valence-electron chi connectivity index (χ3n) is 3.15. The van der Waals surface area contributed by atoms with Gasteiger partial charge >= 0.3 is 5.97 Å². The van der Waals surface area contributed by atoms with Crippen LogP contribution in [0.25, 0.3) is 0 Å². The molecule has 1 amide bonds. The lowest BCUT2D eigenvalue weighted by atomic mass is 10.3. The summed E-state index contributed by atoms with van der Waals surface area (Å²) in [7, 11) is -3.73. The van der Waals surface area contributed by atoms with Crippen molar-refractivity contribution >= 4 is 33.2 Å². The van der Waals surface area contributed by atoms with E-state index in [0.29, 0.717) is 26.3 Å². The maximum absolute atomic E-state index is 12.1. The Morgan fingerprint density at radius 2 is 2.13 bits per heavy atom. The first-order valence-corrected chi connectivity index (χ1v) is 9.35. The van der Waals surface area contributed by atoms with Gasteiger partial charge in [-0.1, -0.05) is 6.07 Å². The van der Waals surface area contributed by atoms with E-state index in [1.165, 1.54) is 13.0 Å². The summed E-state index contributed by atoms with van der Waals surface area (Å²) in [6.45, 7) is 2.74. The Labute approximate surface area is 138 Å². The molecule has 0 spiro atoms. The number of morpholine rings is 1. The number of thiophene rings is 1. The average Bonchev–Trinajstić information content (AvgIpc) is 3.08. The van der Waals surface area contributed by atoms with Crippen molar-refractivity contribution in [1.29, 1.82) is 0 Å². The largest absolute Gasteiger partial charge is 0.452 e. The van der Waals surface area contributed by atoms with Crippen molar-refractivity contribution < 1.29 is 27.5 Å². The van der Waals surface area contributed by atoms with Crippen LogP contribution in [0.2, 0.25) is 0 Å².